The standard InChI is InChI=1S/C12H20N4O/c1-15-7-3-11(14-15)9-12(17)10-16-6-2-4-13-5-8-16/h3,7,13H,2,4-6,8-10H2,1H3. The van der Waals surface area contributed by atoms with Crippen molar-refractivity contribution in [3.05, 3.63) is 18.0 Å². The lowest BCUT2D eigenvalue weighted by Crippen LogP contribution is -2.33. The molecule has 0 atom stereocenters. The Hall–Kier alpha value is -1.20. The number of rotatable bonds is 4. The number of nitrogens with one attached hydrogen (secondary N) is 1. The average Bonchev–Trinajstić information content (AvgIpc) is 2.53. The molecule has 0 spiro atoms. The maximum atomic E-state index is 11.9. The van der Waals surface area contributed by atoms with Gasteiger partial charge in [-0.25, -0.2) is 0 Å². The minimum atomic E-state index is 0.255. The van der Waals surface area contributed by atoms with Crippen LogP contribution in [0.25, 0.3) is 0 Å². The Labute approximate surface area is 102 Å². The van der Waals surface area contributed by atoms with Crippen molar-refractivity contribution in [1.82, 2.24) is 20.0 Å². The fourth-order valence-electron chi connectivity index (χ4n) is 2.12. The zero-order chi connectivity index (χ0) is 12.1. The Bertz CT molecular complexity index is 366. The Morgan fingerprint density at radius 2 is 2.35 bits per heavy atom. The largest absolute Gasteiger partial charge is 0.315 e. The molecule has 0 bridgehead atoms. The van der Waals surface area contributed by atoms with Crippen molar-refractivity contribution in [2.75, 3.05) is 32.7 Å². The Morgan fingerprint density at radius 1 is 1.47 bits per heavy atom. The summed E-state index contributed by atoms with van der Waals surface area (Å²) in [6.45, 7) is 4.58. The molecule has 1 aliphatic rings. The molecule has 0 aliphatic carbocycles. The second-order valence-electron chi connectivity index (χ2n) is 4.58. The van der Waals surface area contributed by atoms with Crippen LogP contribution in [0.5, 0.6) is 0 Å². The van der Waals surface area contributed by atoms with Crippen LogP contribution in [-0.4, -0.2) is 53.2 Å². The number of carbonyl (C=O) groups excluding carboxylic acids is 1. The fraction of sp³-hybridized carbons (Fsp3) is 0.667. The molecule has 94 valence electrons. The first-order valence-electron chi connectivity index (χ1n) is 6.17. The molecule has 2 rings (SSSR count). The highest BCUT2D eigenvalue weighted by molar-refractivity contribution is 5.82. The van der Waals surface area contributed by atoms with Crippen LogP contribution < -0.4 is 5.32 Å². The van der Waals surface area contributed by atoms with Crippen molar-refractivity contribution >= 4 is 5.78 Å². The number of hydrogen-bond donors (Lipinski definition) is 1. The molecule has 1 aliphatic heterocycles. The summed E-state index contributed by atoms with van der Waals surface area (Å²) in [4.78, 5) is 14.1. The number of nitrogens with zero attached hydrogens (tertiary/aromatic N) is 3. The van der Waals surface area contributed by atoms with E-state index in [1.54, 1.807) is 4.68 Å². The van der Waals surface area contributed by atoms with Crippen molar-refractivity contribution in [2.24, 2.45) is 7.05 Å². The van der Waals surface area contributed by atoms with Crippen molar-refractivity contribution in [3.63, 3.8) is 0 Å². The van der Waals surface area contributed by atoms with Crippen molar-refractivity contribution < 1.29 is 4.79 Å². The van der Waals surface area contributed by atoms with Crippen LogP contribution >= 0.6 is 0 Å². The van der Waals surface area contributed by atoms with Crippen molar-refractivity contribution in [2.45, 2.75) is 12.8 Å². The molecule has 0 saturated carbocycles. The molecule has 5 heteroatoms. The molecule has 0 amide bonds. The number of Topliss-reactive ketones (excluding diaryl/α,β-unsaturated/α-hetero) is 1. The van der Waals surface area contributed by atoms with Gasteiger partial charge in [-0.1, -0.05) is 0 Å². The average molecular weight is 236 g/mol. The zero-order valence-corrected chi connectivity index (χ0v) is 10.4. The number of ketones is 1. The van der Waals surface area contributed by atoms with Gasteiger partial charge in [0.15, 0.2) is 5.78 Å². The summed E-state index contributed by atoms with van der Waals surface area (Å²) in [5.41, 5.74) is 0.866. The summed E-state index contributed by atoms with van der Waals surface area (Å²) in [5.74, 6) is 0.255. The first kappa shape index (κ1) is 12.3. The van der Waals surface area contributed by atoms with Gasteiger partial charge in [0.2, 0.25) is 0 Å². The number of aryl methyl sites for hydroxylation is 1. The molecule has 0 radical (unpaired) electrons. The van der Waals surface area contributed by atoms with E-state index in [1.165, 1.54) is 0 Å². The number of carbonyl (C=O) groups is 1. The first-order valence-corrected chi connectivity index (χ1v) is 6.17. The third-order valence-corrected chi connectivity index (χ3v) is 2.98. The number of hydrogen-bond acceptors (Lipinski definition) is 4. The number of aromatic nitrogens is 2. The topological polar surface area (TPSA) is 50.2 Å². The van der Waals surface area contributed by atoms with Gasteiger partial charge in [-0.15, -0.1) is 0 Å². The van der Waals surface area contributed by atoms with Gasteiger partial charge < -0.3 is 5.32 Å². The molecule has 5 nitrogen and oxygen atoms in total. The van der Waals surface area contributed by atoms with Crippen molar-refractivity contribution in [3.8, 4) is 0 Å². The van der Waals surface area contributed by atoms with Crippen molar-refractivity contribution in [1.29, 1.82) is 0 Å². The Morgan fingerprint density at radius 3 is 3.12 bits per heavy atom. The van der Waals surface area contributed by atoms with Gasteiger partial charge in [-0.05, 0) is 25.6 Å². The molecule has 1 aromatic rings. The van der Waals surface area contributed by atoms with Gasteiger partial charge in [0.05, 0.1) is 18.7 Å². The predicted molar refractivity (Wildman–Crippen MR) is 65.8 cm³/mol. The summed E-state index contributed by atoms with van der Waals surface area (Å²) < 4.78 is 1.73. The zero-order valence-electron chi connectivity index (χ0n) is 10.4. The first-order chi connectivity index (χ1) is 8.24. The second kappa shape index (κ2) is 5.93. The summed E-state index contributed by atoms with van der Waals surface area (Å²) in [7, 11) is 1.87. The van der Waals surface area contributed by atoms with Gasteiger partial charge in [-0.2, -0.15) is 5.10 Å². The van der Waals surface area contributed by atoms with E-state index in [-0.39, 0.29) is 5.78 Å². The minimum absolute atomic E-state index is 0.255. The van der Waals surface area contributed by atoms with E-state index in [0.717, 1.165) is 38.3 Å². The van der Waals surface area contributed by atoms with E-state index in [9.17, 15) is 4.79 Å². The van der Waals surface area contributed by atoms with Gasteiger partial charge in [0, 0.05) is 26.3 Å². The molecular formula is C12H20N4O. The van der Waals surface area contributed by atoms with Crippen LogP contribution in [0.3, 0.4) is 0 Å². The third-order valence-electron chi connectivity index (χ3n) is 2.98. The van der Waals surface area contributed by atoms with Crippen LogP contribution in [0.4, 0.5) is 0 Å². The maximum Gasteiger partial charge on any atom is 0.152 e. The molecule has 1 fully saturated rings. The summed E-state index contributed by atoms with van der Waals surface area (Å²) >= 11 is 0. The van der Waals surface area contributed by atoms with Gasteiger partial charge in [0.1, 0.15) is 0 Å². The van der Waals surface area contributed by atoms with E-state index < -0.39 is 0 Å². The highest BCUT2D eigenvalue weighted by Crippen LogP contribution is 2.00. The SMILES string of the molecule is Cn1ccc(CC(=O)CN2CCCNCC2)n1. The highest BCUT2D eigenvalue weighted by Gasteiger charge is 2.13. The smallest absolute Gasteiger partial charge is 0.152 e. The van der Waals surface area contributed by atoms with Gasteiger partial charge in [0.25, 0.3) is 0 Å². The molecule has 0 unspecified atom stereocenters. The van der Waals surface area contributed by atoms with Crippen LogP contribution in [-0.2, 0) is 18.3 Å². The third kappa shape index (κ3) is 3.94. The molecule has 2 heterocycles. The lowest BCUT2D eigenvalue weighted by atomic mass is 10.2. The van der Waals surface area contributed by atoms with Crippen LogP contribution in [0.2, 0.25) is 0 Å². The fourth-order valence-corrected chi connectivity index (χ4v) is 2.12. The lowest BCUT2D eigenvalue weighted by Gasteiger charge is -2.17. The Kier molecular flexibility index (Phi) is 4.28. The molecule has 1 aromatic heterocycles. The molecule has 1 N–H and O–H groups in total. The lowest BCUT2D eigenvalue weighted by molar-refractivity contribution is -0.119. The molecule has 1 saturated heterocycles. The summed E-state index contributed by atoms with van der Waals surface area (Å²) in [6, 6.07) is 1.90. The van der Waals surface area contributed by atoms with Gasteiger partial charge >= 0.3 is 0 Å². The highest BCUT2D eigenvalue weighted by atomic mass is 16.1. The van der Waals surface area contributed by atoms with E-state index in [2.05, 4.69) is 15.3 Å². The predicted octanol–water partition coefficient (Wildman–Crippen LogP) is -0.173. The van der Waals surface area contributed by atoms with Crippen LogP contribution in [0.15, 0.2) is 12.3 Å². The van der Waals surface area contributed by atoms with E-state index in [1.807, 2.05) is 19.3 Å². The maximum absolute atomic E-state index is 11.9. The molecule has 0 aromatic carbocycles. The normalized spacial score (nSPS) is 17.9. The van der Waals surface area contributed by atoms with Crippen LogP contribution in [0.1, 0.15) is 12.1 Å². The quantitative estimate of drug-likeness (QED) is 0.788. The van der Waals surface area contributed by atoms with Crippen LogP contribution in [0, 0.1) is 0 Å². The van der Waals surface area contributed by atoms with Gasteiger partial charge in [-0.3, -0.25) is 14.4 Å². The summed E-state index contributed by atoms with van der Waals surface area (Å²) in [6.07, 6.45) is 3.44. The Balaban J connectivity index is 1.80. The summed E-state index contributed by atoms with van der Waals surface area (Å²) in [5, 5.41) is 7.56. The molecule has 17 heavy (non-hydrogen) atoms. The second-order valence-corrected chi connectivity index (χ2v) is 4.58. The monoisotopic (exact) mass is 236 g/mol. The van der Waals surface area contributed by atoms with E-state index in [4.69, 9.17) is 0 Å². The van der Waals surface area contributed by atoms with E-state index >= 15 is 0 Å². The van der Waals surface area contributed by atoms with E-state index in [0.29, 0.717) is 13.0 Å². The molecular weight excluding hydrogens is 216 g/mol. The minimum Gasteiger partial charge on any atom is -0.315 e.